The third-order valence-electron chi connectivity index (χ3n) is 2.98. The van der Waals surface area contributed by atoms with Crippen molar-refractivity contribution < 1.29 is 4.79 Å². The second kappa shape index (κ2) is 5.46. The van der Waals surface area contributed by atoms with Crippen molar-refractivity contribution in [2.75, 3.05) is 5.43 Å². The first-order valence-corrected chi connectivity index (χ1v) is 6.38. The summed E-state index contributed by atoms with van der Waals surface area (Å²) < 4.78 is 0. The van der Waals surface area contributed by atoms with Gasteiger partial charge in [-0.15, -0.1) is 9.89 Å². The van der Waals surface area contributed by atoms with Crippen molar-refractivity contribution in [3.05, 3.63) is 60.7 Å². The topological polar surface area (TPSA) is 85.8 Å². The van der Waals surface area contributed by atoms with E-state index in [-0.39, 0.29) is 0 Å². The van der Waals surface area contributed by atoms with Crippen LogP contribution in [-0.2, 0) is 0 Å². The number of urea groups is 1. The van der Waals surface area contributed by atoms with Gasteiger partial charge < -0.3 is 5.73 Å². The van der Waals surface area contributed by atoms with Crippen molar-refractivity contribution in [1.29, 1.82) is 0 Å². The van der Waals surface area contributed by atoms with Gasteiger partial charge in [0.1, 0.15) is 11.4 Å². The van der Waals surface area contributed by atoms with E-state index < -0.39 is 6.03 Å². The van der Waals surface area contributed by atoms with Gasteiger partial charge in [-0.05, 0) is 5.21 Å². The minimum absolute atomic E-state index is 0.676. The molecule has 104 valence electrons. The Morgan fingerprint density at radius 3 is 2.10 bits per heavy atom. The highest BCUT2D eigenvalue weighted by molar-refractivity contribution is 5.83. The number of amides is 2. The first-order chi connectivity index (χ1) is 10.3. The molecule has 3 N–H and O–H groups in total. The first-order valence-electron chi connectivity index (χ1n) is 6.38. The van der Waals surface area contributed by atoms with Gasteiger partial charge >= 0.3 is 6.03 Å². The molecule has 1 heterocycles. The lowest BCUT2D eigenvalue weighted by Crippen LogP contribution is -2.29. The third-order valence-corrected chi connectivity index (χ3v) is 2.98. The van der Waals surface area contributed by atoms with Crippen molar-refractivity contribution in [3.8, 4) is 22.5 Å². The van der Waals surface area contributed by atoms with Gasteiger partial charge in [0, 0.05) is 11.1 Å². The number of nitrogens with one attached hydrogen (secondary N) is 1. The number of primary amides is 1. The fourth-order valence-corrected chi connectivity index (χ4v) is 2.11. The van der Waals surface area contributed by atoms with Gasteiger partial charge in [-0.25, -0.2) is 10.2 Å². The summed E-state index contributed by atoms with van der Waals surface area (Å²) in [5.41, 5.74) is 10.8. The molecule has 3 aromatic rings. The van der Waals surface area contributed by atoms with E-state index in [1.807, 2.05) is 60.7 Å². The molecule has 0 bridgehead atoms. The standard InChI is InChI=1S/C15H13N5O/c16-15(21)18-20-14(12-9-5-2-6-10-12)13(17-19-20)11-7-3-1-4-8-11/h1-10H,(H3,16,18,21). The highest BCUT2D eigenvalue weighted by Crippen LogP contribution is 2.29. The normalized spacial score (nSPS) is 10.3. The third kappa shape index (κ3) is 2.59. The largest absolute Gasteiger partial charge is 0.350 e. The molecule has 21 heavy (non-hydrogen) atoms. The summed E-state index contributed by atoms with van der Waals surface area (Å²) in [6.45, 7) is 0. The average molecular weight is 279 g/mol. The minimum Gasteiger partial charge on any atom is -0.350 e. The molecular weight excluding hydrogens is 266 g/mol. The van der Waals surface area contributed by atoms with E-state index >= 15 is 0 Å². The Kier molecular flexibility index (Phi) is 3.34. The van der Waals surface area contributed by atoms with Crippen LogP contribution in [0.4, 0.5) is 4.79 Å². The number of nitrogens with zero attached hydrogens (tertiary/aromatic N) is 3. The van der Waals surface area contributed by atoms with E-state index in [4.69, 9.17) is 5.73 Å². The summed E-state index contributed by atoms with van der Waals surface area (Å²) in [4.78, 5) is 12.4. The predicted molar refractivity (Wildman–Crippen MR) is 79.8 cm³/mol. The first kappa shape index (κ1) is 12.9. The van der Waals surface area contributed by atoms with E-state index in [0.717, 1.165) is 11.1 Å². The van der Waals surface area contributed by atoms with Crippen LogP contribution in [0.15, 0.2) is 60.7 Å². The lowest BCUT2D eigenvalue weighted by atomic mass is 10.1. The van der Waals surface area contributed by atoms with Crippen LogP contribution in [0.3, 0.4) is 0 Å². The Hall–Kier alpha value is -3.15. The van der Waals surface area contributed by atoms with Crippen LogP contribution in [0.5, 0.6) is 0 Å². The van der Waals surface area contributed by atoms with Crippen LogP contribution >= 0.6 is 0 Å². The molecule has 0 aliphatic heterocycles. The van der Waals surface area contributed by atoms with Crippen LogP contribution in [0, 0.1) is 0 Å². The molecule has 6 nitrogen and oxygen atoms in total. The molecule has 0 fully saturated rings. The van der Waals surface area contributed by atoms with E-state index in [1.54, 1.807) is 0 Å². The fraction of sp³-hybridized carbons (Fsp3) is 0. The Labute approximate surface area is 121 Å². The SMILES string of the molecule is NC(=O)Nn1nnc(-c2ccccc2)c1-c1ccccc1. The van der Waals surface area contributed by atoms with Gasteiger partial charge in [-0.2, -0.15) is 0 Å². The average Bonchev–Trinajstić information content (AvgIpc) is 2.92. The predicted octanol–water partition coefficient (Wildman–Crippen LogP) is 2.23. The summed E-state index contributed by atoms with van der Waals surface area (Å²) in [6.07, 6.45) is 0. The zero-order valence-corrected chi connectivity index (χ0v) is 11.1. The highest BCUT2D eigenvalue weighted by Gasteiger charge is 2.17. The zero-order valence-electron chi connectivity index (χ0n) is 11.1. The molecule has 0 saturated heterocycles. The molecule has 0 saturated carbocycles. The maximum Gasteiger partial charge on any atom is 0.332 e. The van der Waals surface area contributed by atoms with Crippen LogP contribution in [0.25, 0.3) is 22.5 Å². The Morgan fingerprint density at radius 1 is 0.952 bits per heavy atom. The van der Waals surface area contributed by atoms with E-state index in [9.17, 15) is 4.79 Å². The molecule has 3 rings (SSSR count). The molecule has 0 radical (unpaired) electrons. The number of hydrogen-bond acceptors (Lipinski definition) is 3. The van der Waals surface area contributed by atoms with Crippen molar-refractivity contribution in [2.45, 2.75) is 0 Å². The number of carbonyl (C=O) groups excluding carboxylic acids is 1. The number of benzene rings is 2. The van der Waals surface area contributed by atoms with Crippen molar-refractivity contribution in [2.24, 2.45) is 5.73 Å². The number of hydrogen-bond donors (Lipinski definition) is 2. The van der Waals surface area contributed by atoms with Crippen LogP contribution in [0.1, 0.15) is 0 Å². The van der Waals surface area contributed by atoms with Crippen molar-refractivity contribution in [1.82, 2.24) is 15.1 Å². The summed E-state index contributed by atoms with van der Waals surface area (Å²) >= 11 is 0. The molecule has 6 heteroatoms. The molecule has 0 atom stereocenters. The Bertz CT molecular complexity index is 752. The summed E-state index contributed by atoms with van der Waals surface area (Å²) in [5, 5.41) is 8.12. The van der Waals surface area contributed by atoms with Crippen LogP contribution in [-0.4, -0.2) is 21.1 Å². The van der Waals surface area contributed by atoms with Crippen LogP contribution < -0.4 is 11.2 Å². The highest BCUT2D eigenvalue weighted by atomic mass is 16.2. The molecule has 1 aromatic heterocycles. The second-order valence-corrected chi connectivity index (χ2v) is 4.41. The van der Waals surface area contributed by atoms with Crippen molar-refractivity contribution in [3.63, 3.8) is 0 Å². The van der Waals surface area contributed by atoms with E-state index in [0.29, 0.717) is 11.4 Å². The van der Waals surface area contributed by atoms with Gasteiger partial charge in [0.25, 0.3) is 0 Å². The number of rotatable bonds is 3. The lowest BCUT2D eigenvalue weighted by Gasteiger charge is -2.07. The maximum absolute atomic E-state index is 11.1. The van der Waals surface area contributed by atoms with Gasteiger partial charge in [0.2, 0.25) is 0 Å². The fourth-order valence-electron chi connectivity index (χ4n) is 2.11. The molecule has 0 aliphatic rings. The molecule has 2 aromatic carbocycles. The molecule has 0 aliphatic carbocycles. The molecular formula is C15H13N5O. The number of aromatic nitrogens is 3. The minimum atomic E-state index is -0.698. The lowest BCUT2D eigenvalue weighted by molar-refractivity contribution is 0.256. The summed E-state index contributed by atoms with van der Waals surface area (Å²) in [6, 6.07) is 18.5. The maximum atomic E-state index is 11.1. The van der Waals surface area contributed by atoms with Gasteiger partial charge in [0.15, 0.2) is 0 Å². The van der Waals surface area contributed by atoms with Crippen LogP contribution in [0.2, 0.25) is 0 Å². The summed E-state index contributed by atoms with van der Waals surface area (Å²) in [5.74, 6) is 0. The number of nitrogens with two attached hydrogens (primary N) is 1. The van der Waals surface area contributed by atoms with Crippen molar-refractivity contribution >= 4 is 6.03 Å². The second-order valence-electron chi connectivity index (χ2n) is 4.41. The monoisotopic (exact) mass is 279 g/mol. The molecule has 2 amide bonds. The smallest absolute Gasteiger partial charge is 0.332 e. The Morgan fingerprint density at radius 2 is 1.52 bits per heavy atom. The van der Waals surface area contributed by atoms with Gasteiger partial charge in [-0.3, -0.25) is 0 Å². The van der Waals surface area contributed by atoms with E-state index in [2.05, 4.69) is 15.7 Å². The molecule has 0 spiro atoms. The quantitative estimate of drug-likeness (QED) is 0.771. The number of carbonyl (C=O) groups is 1. The molecule has 0 unspecified atom stereocenters. The zero-order chi connectivity index (χ0) is 14.7. The van der Waals surface area contributed by atoms with Gasteiger partial charge in [-0.1, -0.05) is 60.7 Å². The van der Waals surface area contributed by atoms with Gasteiger partial charge in [0.05, 0.1) is 0 Å². The van der Waals surface area contributed by atoms with E-state index in [1.165, 1.54) is 4.79 Å². The Balaban J connectivity index is 2.18. The summed E-state index contributed by atoms with van der Waals surface area (Å²) in [7, 11) is 0.